The average molecular weight is 319 g/mol. The molecular weight excluding hydrogens is 298 g/mol. The van der Waals surface area contributed by atoms with Crippen LogP contribution in [-0.2, 0) is 9.53 Å². The first kappa shape index (κ1) is 16.9. The highest BCUT2D eigenvalue weighted by molar-refractivity contribution is 5.94. The smallest absolute Gasteiger partial charge is 0.328 e. The van der Waals surface area contributed by atoms with E-state index in [1.165, 1.54) is 11.6 Å². The van der Waals surface area contributed by atoms with Gasteiger partial charge in [-0.25, -0.2) is 14.3 Å². The number of ether oxygens (including phenoxy) is 1. The Morgan fingerprint density at radius 1 is 1.30 bits per heavy atom. The number of carbonyl (C=O) groups is 2. The molecular formula is C15H21N5O3. The van der Waals surface area contributed by atoms with E-state index in [9.17, 15) is 9.59 Å². The molecule has 2 aromatic heterocycles. The lowest BCUT2D eigenvalue weighted by atomic mass is 10.0. The molecule has 1 unspecified atom stereocenters. The van der Waals surface area contributed by atoms with Crippen molar-refractivity contribution in [3.8, 4) is 0 Å². The normalized spacial score (nSPS) is 12.4. The minimum atomic E-state index is -0.727. The van der Waals surface area contributed by atoms with Crippen molar-refractivity contribution in [2.24, 2.45) is 5.92 Å². The fourth-order valence-electron chi connectivity index (χ4n) is 2.31. The number of aryl methyl sites for hydroxylation is 2. The monoisotopic (exact) mass is 319 g/mol. The van der Waals surface area contributed by atoms with E-state index in [1.807, 2.05) is 33.8 Å². The summed E-state index contributed by atoms with van der Waals surface area (Å²) in [5, 5.41) is 6.78. The molecule has 8 heteroatoms. The topological polar surface area (TPSA) is 98.5 Å². The highest BCUT2D eigenvalue weighted by Gasteiger charge is 2.25. The molecule has 0 aliphatic rings. The molecule has 0 spiro atoms. The van der Waals surface area contributed by atoms with E-state index in [4.69, 9.17) is 4.74 Å². The molecule has 23 heavy (non-hydrogen) atoms. The summed E-state index contributed by atoms with van der Waals surface area (Å²) >= 11 is 0. The zero-order valence-corrected chi connectivity index (χ0v) is 14.0. The van der Waals surface area contributed by atoms with E-state index >= 15 is 0 Å². The van der Waals surface area contributed by atoms with Crippen LogP contribution in [0.5, 0.6) is 0 Å². The molecule has 0 bridgehead atoms. The first-order valence-electron chi connectivity index (χ1n) is 7.41. The molecule has 2 aromatic rings. The van der Waals surface area contributed by atoms with E-state index in [0.29, 0.717) is 12.2 Å². The first-order valence-corrected chi connectivity index (χ1v) is 7.41. The summed E-state index contributed by atoms with van der Waals surface area (Å²) < 4.78 is 6.23. The van der Waals surface area contributed by atoms with Crippen LogP contribution in [0.15, 0.2) is 6.07 Å². The summed E-state index contributed by atoms with van der Waals surface area (Å²) in [4.78, 5) is 32.5. The van der Waals surface area contributed by atoms with Gasteiger partial charge in [0.1, 0.15) is 6.04 Å². The number of carbonyl (C=O) groups excluding carboxylic acids is 2. The Labute approximate surface area is 134 Å². The third kappa shape index (κ3) is 3.82. The zero-order valence-electron chi connectivity index (χ0n) is 14.0. The Morgan fingerprint density at radius 3 is 2.61 bits per heavy atom. The fraction of sp³-hybridized carbons (Fsp3) is 0.533. The quantitative estimate of drug-likeness (QED) is 0.827. The zero-order chi connectivity index (χ0) is 17.1. The molecule has 8 nitrogen and oxygen atoms in total. The molecule has 0 fully saturated rings. The van der Waals surface area contributed by atoms with Gasteiger partial charge in [-0.3, -0.25) is 4.79 Å². The third-order valence-electron chi connectivity index (χ3n) is 3.32. The van der Waals surface area contributed by atoms with Crippen LogP contribution >= 0.6 is 0 Å². The number of aromatic nitrogens is 4. The third-order valence-corrected chi connectivity index (χ3v) is 3.32. The predicted molar refractivity (Wildman–Crippen MR) is 83.0 cm³/mol. The molecule has 2 rings (SSSR count). The number of hydrogen-bond donors (Lipinski definition) is 1. The molecule has 1 amide bonds. The number of nitrogens with zero attached hydrogens (tertiary/aromatic N) is 4. The van der Waals surface area contributed by atoms with Gasteiger partial charge in [-0.15, -0.1) is 5.10 Å². The van der Waals surface area contributed by atoms with Crippen LogP contribution in [0.1, 0.15) is 42.3 Å². The van der Waals surface area contributed by atoms with Gasteiger partial charge in [-0.1, -0.05) is 13.8 Å². The summed E-state index contributed by atoms with van der Waals surface area (Å²) in [6, 6.07) is 1.12. The number of amides is 1. The number of esters is 1. The number of hydrogen-bond acceptors (Lipinski definition) is 6. The Bertz CT molecular complexity index is 738. The molecule has 0 aliphatic heterocycles. The van der Waals surface area contributed by atoms with Gasteiger partial charge in [0.25, 0.3) is 11.7 Å². The lowest BCUT2D eigenvalue weighted by Crippen LogP contribution is -2.42. The van der Waals surface area contributed by atoms with Crippen LogP contribution in [0.2, 0.25) is 0 Å². The molecule has 1 atom stereocenters. The van der Waals surface area contributed by atoms with E-state index in [1.54, 1.807) is 0 Å². The average Bonchev–Trinajstić information content (AvgIpc) is 2.89. The van der Waals surface area contributed by atoms with Gasteiger partial charge in [0, 0.05) is 11.4 Å². The number of methoxy groups -OCH3 is 1. The van der Waals surface area contributed by atoms with Crippen LogP contribution in [0.4, 0.5) is 0 Å². The second-order valence-corrected chi connectivity index (χ2v) is 5.86. The molecule has 0 saturated carbocycles. The van der Waals surface area contributed by atoms with Gasteiger partial charge in [0.15, 0.2) is 0 Å². The van der Waals surface area contributed by atoms with Crippen molar-refractivity contribution in [2.45, 2.75) is 40.2 Å². The van der Waals surface area contributed by atoms with Crippen molar-refractivity contribution in [1.82, 2.24) is 24.9 Å². The van der Waals surface area contributed by atoms with Crippen molar-refractivity contribution >= 4 is 17.7 Å². The summed E-state index contributed by atoms with van der Waals surface area (Å²) in [5.41, 5.74) is 1.62. The number of nitrogens with one attached hydrogen (secondary N) is 1. The Kier molecular flexibility index (Phi) is 4.92. The van der Waals surface area contributed by atoms with E-state index in [0.717, 1.165) is 11.4 Å². The van der Waals surface area contributed by atoms with Gasteiger partial charge < -0.3 is 10.1 Å². The minimum absolute atomic E-state index is 0.0242. The summed E-state index contributed by atoms with van der Waals surface area (Å²) in [7, 11) is 1.29. The highest BCUT2D eigenvalue weighted by Crippen LogP contribution is 2.09. The largest absolute Gasteiger partial charge is 0.467 e. The maximum Gasteiger partial charge on any atom is 0.328 e. The molecule has 124 valence electrons. The van der Waals surface area contributed by atoms with Gasteiger partial charge >= 0.3 is 5.97 Å². The lowest BCUT2D eigenvalue weighted by Gasteiger charge is -2.17. The molecule has 1 N–H and O–H groups in total. The van der Waals surface area contributed by atoms with Crippen LogP contribution in [0.25, 0.3) is 5.78 Å². The van der Waals surface area contributed by atoms with E-state index in [-0.39, 0.29) is 11.7 Å². The Hall–Kier alpha value is -2.51. The Morgan fingerprint density at radius 2 is 2.00 bits per heavy atom. The fourth-order valence-corrected chi connectivity index (χ4v) is 2.31. The van der Waals surface area contributed by atoms with Gasteiger partial charge in [0.05, 0.1) is 7.11 Å². The van der Waals surface area contributed by atoms with Gasteiger partial charge in [-0.2, -0.15) is 4.98 Å². The summed E-state index contributed by atoms with van der Waals surface area (Å²) in [6.07, 6.45) is 0.474. The maximum absolute atomic E-state index is 12.3. The Balaban J connectivity index is 2.25. The second kappa shape index (κ2) is 6.72. The molecule has 0 saturated heterocycles. The van der Waals surface area contributed by atoms with E-state index < -0.39 is 17.9 Å². The second-order valence-electron chi connectivity index (χ2n) is 5.86. The van der Waals surface area contributed by atoms with Crippen molar-refractivity contribution in [1.29, 1.82) is 0 Å². The van der Waals surface area contributed by atoms with Crippen LogP contribution < -0.4 is 5.32 Å². The highest BCUT2D eigenvalue weighted by atomic mass is 16.5. The van der Waals surface area contributed by atoms with Crippen molar-refractivity contribution in [3.05, 3.63) is 23.3 Å². The SMILES string of the molecule is COC(=O)C(CC(C)C)NC(=O)c1nc2nc(C)cc(C)n2n1. The molecule has 0 aromatic carbocycles. The van der Waals surface area contributed by atoms with Crippen LogP contribution in [-0.4, -0.2) is 44.6 Å². The van der Waals surface area contributed by atoms with Crippen LogP contribution in [0.3, 0.4) is 0 Å². The summed E-state index contributed by atoms with van der Waals surface area (Å²) in [5.74, 6) is -0.459. The molecule has 0 aliphatic carbocycles. The molecule has 0 radical (unpaired) electrons. The van der Waals surface area contributed by atoms with Crippen molar-refractivity contribution < 1.29 is 14.3 Å². The summed E-state index contributed by atoms with van der Waals surface area (Å²) in [6.45, 7) is 7.62. The van der Waals surface area contributed by atoms with Crippen LogP contribution in [0, 0.1) is 19.8 Å². The van der Waals surface area contributed by atoms with E-state index in [2.05, 4.69) is 20.4 Å². The standard InChI is InChI=1S/C15H21N5O3/c1-8(2)6-11(14(22)23-5)17-13(21)12-18-15-16-9(3)7-10(4)20(15)19-12/h7-8,11H,6H2,1-5H3,(H,17,21). The molecule has 2 heterocycles. The number of fused-ring (bicyclic) bond motifs is 1. The lowest BCUT2D eigenvalue weighted by molar-refractivity contribution is -0.143. The maximum atomic E-state index is 12.3. The first-order chi connectivity index (χ1) is 10.8. The van der Waals surface area contributed by atoms with Gasteiger partial charge in [-0.05, 0) is 32.3 Å². The van der Waals surface area contributed by atoms with Crippen molar-refractivity contribution in [3.63, 3.8) is 0 Å². The minimum Gasteiger partial charge on any atom is -0.467 e. The number of rotatable bonds is 5. The van der Waals surface area contributed by atoms with Crippen molar-refractivity contribution in [2.75, 3.05) is 7.11 Å². The predicted octanol–water partition coefficient (Wildman–Crippen LogP) is 1.06. The van der Waals surface area contributed by atoms with Gasteiger partial charge in [0.2, 0.25) is 5.82 Å².